The van der Waals surface area contributed by atoms with E-state index in [0.29, 0.717) is 16.4 Å². The van der Waals surface area contributed by atoms with Crippen molar-refractivity contribution in [1.82, 2.24) is 4.98 Å². The third-order valence-corrected chi connectivity index (χ3v) is 3.75. The molecule has 0 fully saturated rings. The van der Waals surface area contributed by atoms with Gasteiger partial charge in [0.15, 0.2) is 0 Å². The van der Waals surface area contributed by atoms with Crippen LogP contribution in [0, 0.1) is 6.92 Å². The van der Waals surface area contributed by atoms with Crippen LogP contribution in [0.3, 0.4) is 0 Å². The smallest absolute Gasteiger partial charge is 0.248 e. The lowest BCUT2D eigenvalue weighted by Crippen LogP contribution is -2.07. The molecule has 0 aliphatic carbocycles. The summed E-state index contributed by atoms with van der Waals surface area (Å²) in [5, 5.41) is 4.32. The van der Waals surface area contributed by atoms with E-state index in [1.54, 1.807) is 24.3 Å². The fourth-order valence-electron chi connectivity index (χ4n) is 2.44. The summed E-state index contributed by atoms with van der Waals surface area (Å²) >= 11 is 5.92. The molecule has 0 radical (unpaired) electrons. The van der Waals surface area contributed by atoms with E-state index in [0.717, 1.165) is 22.2 Å². The van der Waals surface area contributed by atoms with Crippen molar-refractivity contribution < 1.29 is 4.79 Å². The number of anilines is 2. The summed E-state index contributed by atoms with van der Waals surface area (Å²) in [7, 11) is 0. The van der Waals surface area contributed by atoms with Crippen LogP contribution in [0.4, 0.5) is 11.4 Å². The SMILES string of the molecule is Cc1cc(N)c2ccc(NC(=O)/C=C/c3cccc(Cl)c3)cc2n1. The van der Waals surface area contributed by atoms with Gasteiger partial charge in [0.25, 0.3) is 0 Å². The van der Waals surface area contributed by atoms with Gasteiger partial charge in [-0.25, -0.2) is 0 Å². The first-order chi connectivity index (χ1) is 11.5. The summed E-state index contributed by atoms with van der Waals surface area (Å²) in [6, 6.07) is 14.6. The average molecular weight is 338 g/mol. The maximum Gasteiger partial charge on any atom is 0.248 e. The molecule has 1 heterocycles. The first-order valence-corrected chi connectivity index (χ1v) is 7.80. The summed E-state index contributed by atoms with van der Waals surface area (Å²) in [6.45, 7) is 1.88. The monoisotopic (exact) mass is 337 g/mol. The number of aryl methyl sites for hydroxylation is 1. The predicted octanol–water partition coefficient (Wildman–Crippen LogP) is 4.43. The average Bonchev–Trinajstić information content (AvgIpc) is 2.52. The van der Waals surface area contributed by atoms with Gasteiger partial charge >= 0.3 is 0 Å². The molecule has 0 aliphatic rings. The Kier molecular flexibility index (Phi) is 4.49. The zero-order valence-corrected chi connectivity index (χ0v) is 13.8. The molecular weight excluding hydrogens is 322 g/mol. The predicted molar refractivity (Wildman–Crippen MR) is 100 cm³/mol. The molecule has 4 nitrogen and oxygen atoms in total. The highest BCUT2D eigenvalue weighted by atomic mass is 35.5. The second-order valence-corrected chi connectivity index (χ2v) is 5.90. The van der Waals surface area contributed by atoms with E-state index < -0.39 is 0 Å². The Bertz CT molecular complexity index is 950. The minimum atomic E-state index is -0.227. The van der Waals surface area contributed by atoms with Gasteiger partial charge in [-0.15, -0.1) is 0 Å². The zero-order valence-electron chi connectivity index (χ0n) is 13.1. The third-order valence-electron chi connectivity index (χ3n) is 3.51. The Morgan fingerprint density at radius 3 is 2.83 bits per heavy atom. The number of halogens is 1. The van der Waals surface area contributed by atoms with Crippen LogP contribution in [0.25, 0.3) is 17.0 Å². The topological polar surface area (TPSA) is 68.0 Å². The molecular formula is C19H16ClN3O. The first-order valence-electron chi connectivity index (χ1n) is 7.43. The number of carbonyl (C=O) groups is 1. The van der Waals surface area contributed by atoms with E-state index >= 15 is 0 Å². The Labute approximate surface area is 145 Å². The zero-order chi connectivity index (χ0) is 17.1. The molecule has 0 unspecified atom stereocenters. The lowest BCUT2D eigenvalue weighted by Gasteiger charge is -2.07. The molecule has 3 N–H and O–H groups in total. The molecule has 3 aromatic rings. The standard InChI is InChI=1S/C19H16ClN3O/c1-12-9-17(21)16-7-6-15(11-18(16)22-12)23-19(24)8-5-13-3-2-4-14(20)10-13/h2-11H,1H3,(H2,21,22)(H,23,24)/b8-5+. The summed E-state index contributed by atoms with van der Waals surface area (Å²) in [6.07, 6.45) is 3.18. The molecule has 0 saturated heterocycles. The van der Waals surface area contributed by atoms with E-state index in [1.165, 1.54) is 6.08 Å². The van der Waals surface area contributed by atoms with Crippen molar-refractivity contribution in [2.45, 2.75) is 6.92 Å². The lowest BCUT2D eigenvalue weighted by molar-refractivity contribution is -0.111. The molecule has 3 rings (SSSR count). The Morgan fingerprint density at radius 2 is 2.04 bits per heavy atom. The number of nitrogens with zero attached hydrogens (tertiary/aromatic N) is 1. The summed E-state index contributed by atoms with van der Waals surface area (Å²) in [5.74, 6) is -0.227. The van der Waals surface area contributed by atoms with Crippen molar-refractivity contribution in [2.24, 2.45) is 0 Å². The number of fused-ring (bicyclic) bond motifs is 1. The fraction of sp³-hybridized carbons (Fsp3) is 0.0526. The number of nitrogen functional groups attached to an aromatic ring is 1. The van der Waals surface area contributed by atoms with Crippen molar-refractivity contribution in [3.05, 3.63) is 70.9 Å². The molecule has 24 heavy (non-hydrogen) atoms. The molecule has 0 saturated carbocycles. The van der Waals surface area contributed by atoms with Crippen LogP contribution in [-0.2, 0) is 4.79 Å². The van der Waals surface area contributed by atoms with E-state index in [1.807, 2.05) is 37.3 Å². The number of amides is 1. The number of benzene rings is 2. The highest BCUT2D eigenvalue weighted by Crippen LogP contribution is 2.23. The van der Waals surface area contributed by atoms with Crippen LogP contribution in [0.1, 0.15) is 11.3 Å². The van der Waals surface area contributed by atoms with Crippen LogP contribution in [0.15, 0.2) is 54.6 Å². The van der Waals surface area contributed by atoms with Crippen LogP contribution in [-0.4, -0.2) is 10.9 Å². The summed E-state index contributed by atoms with van der Waals surface area (Å²) < 4.78 is 0. The number of nitrogens with one attached hydrogen (secondary N) is 1. The van der Waals surface area contributed by atoms with Gasteiger partial charge in [0.05, 0.1) is 5.52 Å². The van der Waals surface area contributed by atoms with Crippen molar-refractivity contribution in [2.75, 3.05) is 11.1 Å². The normalized spacial score (nSPS) is 11.1. The molecule has 120 valence electrons. The van der Waals surface area contributed by atoms with E-state index in [9.17, 15) is 4.79 Å². The number of rotatable bonds is 3. The molecule has 0 bridgehead atoms. The fourth-order valence-corrected chi connectivity index (χ4v) is 2.64. The number of pyridine rings is 1. The molecule has 0 aliphatic heterocycles. The molecule has 1 aromatic heterocycles. The van der Waals surface area contributed by atoms with Crippen LogP contribution in [0.2, 0.25) is 5.02 Å². The van der Waals surface area contributed by atoms with Crippen molar-refractivity contribution >= 4 is 45.9 Å². The number of aromatic nitrogens is 1. The van der Waals surface area contributed by atoms with Crippen LogP contribution >= 0.6 is 11.6 Å². The van der Waals surface area contributed by atoms with E-state index in [2.05, 4.69) is 10.3 Å². The molecule has 1 amide bonds. The van der Waals surface area contributed by atoms with Gasteiger partial charge < -0.3 is 11.1 Å². The Morgan fingerprint density at radius 1 is 1.21 bits per heavy atom. The number of nitrogens with two attached hydrogens (primary N) is 1. The van der Waals surface area contributed by atoms with Gasteiger partial charge in [-0.3, -0.25) is 9.78 Å². The Hall–Kier alpha value is -2.85. The maximum absolute atomic E-state index is 12.1. The van der Waals surface area contributed by atoms with Crippen LogP contribution in [0.5, 0.6) is 0 Å². The van der Waals surface area contributed by atoms with Gasteiger partial charge in [-0.2, -0.15) is 0 Å². The second kappa shape index (κ2) is 6.72. The number of hydrogen-bond acceptors (Lipinski definition) is 3. The van der Waals surface area contributed by atoms with Gasteiger partial charge in [-0.05, 0) is 55.0 Å². The Balaban J connectivity index is 1.78. The van der Waals surface area contributed by atoms with Crippen molar-refractivity contribution in [3.63, 3.8) is 0 Å². The largest absolute Gasteiger partial charge is 0.398 e. The quantitative estimate of drug-likeness (QED) is 0.695. The first kappa shape index (κ1) is 16.0. The summed E-state index contributed by atoms with van der Waals surface area (Å²) in [4.78, 5) is 16.5. The molecule has 0 atom stereocenters. The lowest BCUT2D eigenvalue weighted by atomic mass is 10.1. The van der Waals surface area contributed by atoms with Crippen molar-refractivity contribution in [1.29, 1.82) is 0 Å². The van der Waals surface area contributed by atoms with Gasteiger partial charge in [0.1, 0.15) is 0 Å². The molecule has 0 spiro atoms. The van der Waals surface area contributed by atoms with Crippen LogP contribution < -0.4 is 11.1 Å². The maximum atomic E-state index is 12.1. The van der Waals surface area contributed by atoms with Gasteiger partial charge in [0.2, 0.25) is 5.91 Å². The second-order valence-electron chi connectivity index (χ2n) is 5.46. The van der Waals surface area contributed by atoms with E-state index in [4.69, 9.17) is 17.3 Å². The summed E-state index contributed by atoms with van der Waals surface area (Å²) in [5.41, 5.74) is 9.78. The van der Waals surface area contributed by atoms with Crippen molar-refractivity contribution in [3.8, 4) is 0 Å². The van der Waals surface area contributed by atoms with Gasteiger partial charge in [0, 0.05) is 33.6 Å². The third kappa shape index (κ3) is 3.73. The molecule has 2 aromatic carbocycles. The number of carbonyl (C=O) groups excluding carboxylic acids is 1. The number of hydrogen-bond donors (Lipinski definition) is 2. The minimum absolute atomic E-state index is 0.227. The molecule has 5 heteroatoms. The highest BCUT2D eigenvalue weighted by Gasteiger charge is 2.04. The van der Waals surface area contributed by atoms with E-state index in [-0.39, 0.29) is 5.91 Å². The highest BCUT2D eigenvalue weighted by molar-refractivity contribution is 6.30. The minimum Gasteiger partial charge on any atom is -0.398 e. The van der Waals surface area contributed by atoms with Gasteiger partial charge in [-0.1, -0.05) is 23.7 Å².